The average Bonchev–Trinajstić information content (AvgIpc) is 2.46. The van der Waals surface area contributed by atoms with Gasteiger partial charge in [0.15, 0.2) is 6.29 Å². The van der Waals surface area contributed by atoms with Gasteiger partial charge >= 0.3 is 0 Å². The molecule has 0 aliphatic carbocycles. The van der Waals surface area contributed by atoms with Gasteiger partial charge in [0.05, 0.1) is 0 Å². The normalized spacial score (nSPS) is 10.4. The smallest absolute Gasteiger partial charge is 0.152 e. The number of hydrogen-bond acceptors (Lipinski definition) is 1. The van der Waals surface area contributed by atoms with Crippen LogP contribution in [0.25, 0.3) is 10.9 Å². The number of hydrogen-bond donors (Lipinski definition) is 1. The topological polar surface area (TPSA) is 32.9 Å². The zero-order valence-electron chi connectivity index (χ0n) is 6.17. The van der Waals surface area contributed by atoms with Crippen LogP contribution in [0.3, 0.4) is 0 Å². The van der Waals surface area contributed by atoms with Crippen molar-refractivity contribution in [2.45, 2.75) is 0 Å². The molecule has 3 heteroatoms. The molecule has 1 aromatic heterocycles. The lowest BCUT2D eigenvalue weighted by molar-refractivity contribution is 0.112. The minimum atomic E-state index is 0.724. The van der Waals surface area contributed by atoms with Gasteiger partial charge in [-0.15, -0.1) is 0 Å². The minimum Gasteiger partial charge on any atom is -0.360 e. The van der Waals surface area contributed by atoms with E-state index >= 15 is 0 Å². The van der Waals surface area contributed by atoms with Crippen LogP contribution in [0.15, 0.2) is 24.4 Å². The standard InChI is InChI=1S/C9H6INO/c10-7-1-2-8-6(5-12)4-11-9(8)3-7/h1-5,11H. The number of benzene rings is 1. The van der Waals surface area contributed by atoms with E-state index < -0.39 is 0 Å². The molecule has 0 fully saturated rings. The van der Waals surface area contributed by atoms with Crippen LogP contribution in [-0.2, 0) is 0 Å². The van der Waals surface area contributed by atoms with Crippen LogP contribution >= 0.6 is 22.6 Å². The highest BCUT2D eigenvalue weighted by Crippen LogP contribution is 2.18. The van der Waals surface area contributed by atoms with Gasteiger partial charge in [-0.2, -0.15) is 0 Å². The van der Waals surface area contributed by atoms with Crippen molar-refractivity contribution >= 4 is 39.8 Å². The Balaban J connectivity index is 2.81. The highest BCUT2D eigenvalue weighted by atomic mass is 127. The molecule has 12 heavy (non-hydrogen) atoms. The summed E-state index contributed by atoms with van der Waals surface area (Å²) < 4.78 is 1.17. The molecule has 0 atom stereocenters. The minimum absolute atomic E-state index is 0.724. The molecule has 1 heterocycles. The lowest BCUT2D eigenvalue weighted by atomic mass is 10.2. The summed E-state index contributed by atoms with van der Waals surface area (Å²) in [6.45, 7) is 0. The Labute approximate surface area is 83.1 Å². The quantitative estimate of drug-likeness (QED) is 0.627. The van der Waals surface area contributed by atoms with Gasteiger partial charge in [0, 0.05) is 26.2 Å². The van der Waals surface area contributed by atoms with E-state index in [4.69, 9.17) is 0 Å². The number of aromatic amines is 1. The van der Waals surface area contributed by atoms with Crippen LogP contribution in [0.5, 0.6) is 0 Å². The van der Waals surface area contributed by atoms with Crippen LogP contribution < -0.4 is 0 Å². The second kappa shape index (κ2) is 2.90. The third-order valence-corrected chi connectivity index (χ3v) is 2.47. The molecule has 2 rings (SSSR count). The summed E-state index contributed by atoms with van der Waals surface area (Å²) >= 11 is 2.24. The van der Waals surface area contributed by atoms with Gasteiger partial charge in [-0.05, 0) is 34.7 Å². The maximum Gasteiger partial charge on any atom is 0.152 e. The summed E-state index contributed by atoms with van der Waals surface area (Å²) in [5.74, 6) is 0. The molecule has 2 aromatic rings. The number of rotatable bonds is 1. The maximum absolute atomic E-state index is 10.5. The summed E-state index contributed by atoms with van der Waals surface area (Å²) in [5.41, 5.74) is 1.74. The van der Waals surface area contributed by atoms with E-state index in [1.165, 1.54) is 3.57 Å². The number of aromatic nitrogens is 1. The first-order valence-electron chi connectivity index (χ1n) is 3.53. The molecule has 0 amide bonds. The number of carbonyl (C=O) groups excluding carboxylic acids is 1. The highest BCUT2D eigenvalue weighted by Gasteiger charge is 2.01. The van der Waals surface area contributed by atoms with E-state index in [0.717, 1.165) is 22.8 Å². The van der Waals surface area contributed by atoms with E-state index in [-0.39, 0.29) is 0 Å². The predicted octanol–water partition coefficient (Wildman–Crippen LogP) is 2.58. The first-order valence-corrected chi connectivity index (χ1v) is 4.61. The Hall–Kier alpha value is -0.840. The summed E-state index contributed by atoms with van der Waals surface area (Å²) in [4.78, 5) is 13.6. The summed E-state index contributed by atoms with van der Waals surface area (Å²) in [6, 6.07) is 5.96. The Bertz CT molecular complexity index is 433. The fraction of sp³-hybridized carbons (Fsp3) is 0. The van der Waals surface area contributed by atoms with E-state index in [2.05, 4.69) is 27.6 Å². The Morgan fingerprint density at radius 2 is 2.25 bits per heavy atom. The molecule has 0 spiro atoms. The van der Waals surface area contributed by atoms with Gasteiger partial charge < -0.3 is 4.98 Å². The molecule has 0 saturated carbocycles. The van der Waals surface area contributed by atoms with Crippen molar-refractivity contribution in [3.8, 4) is 0 Å². The van der Waals surface area contributed by atoms with Crippen LogP contribution in [0.1, 0.15) is 10.4 Å². The Morgan fingerprint density at radius 3 is 3.00 bits per heavy atom. The molecule has 0 bridgehead atoms. The third-order valence-electron chi connectivity index (χ3n) is 1.80. The first-order chi connectivity index (χ1) is 5.81. The third kappa shape index (κ3) is 1.14. The van der Waals surface area contributed by atoms with Gasteiger partial charge in [-0.25, -0.2) is 0 Å². The number of carbonyl (C=O) groups is 1. The molecule has 0 saturated heterocycles. The van der Waals surface area contributed by atoms with Gasteiger partial charge in [0.25, 0.3) is 0 Å². The first kappa shape index (κ1) is 7.79. The number of nitrogens with one attached hydrogen (secondary N) is 1. The monoisotopic (exact) mass is 271 g/mol. The van der Waals surface area contributed by atoms with Crippen molar-refractivity contribution in [1.29, 1.82) is 0 Å². The largest absolute Gasteiger partial charge is 0.360 e. The molecule has 1 aromatic carbocycles. The SMILES string of the molecule is O=Cc1c[nH]c2cc(I)ccc12. The van der Waals surface area contributed by atoms with Crippen molar-refractivity contribution < 1.29 is 4.79 Å². The van der Waals surface area contributed by atoms with Crippen LogP contribution in [0.4, 0.5) is 0 Å². The number of halogens is 1. The van der Waals surface area contributed by atoms with E-state index in [0.29, 0.717) is 0 Å². The van der Waals surface area contributed by atoms with E-state index in [1.807, 2.05) is 18.2 Å². The molecule has 0 aliphatic heterocycles. The van der Waals surface area contributed by atoms with Gasteiger partial charge in [0.2, 0.25) is 0 Å². The van der Waals surface area contributed by atoms with Gasteiger partial charge in [0.1, 0.15) is 0 Å². The van der Waals surface area contributed by atoms with Crippen molar-refractivity contribution in [2.75, 3.05) is 0 Å². The molecular formula is C9H6INO. The molecule has 0 unspecified atom stereocenters. The lowest BCUT2D eigenvalue weighted by Gasteiger charge is -1.91. The average molecular weight is 271 g/mol. The number of H-pyrrole nitrogens is 1. The van der Waals surface area contributed by atoms with E-state index in [1.54, 1.807) is 6.20 Å². The Kier molecular flexibility index (Phi) is 1.88. The van der Waals surface area contributed by atoms with Gasteiger partial charge in [-0.3, -0.25) is 4.79 Å². The molecule has 2 nitrogen and oxygen atoms in total. The van der Waals surface area contributed by atoms with E-state index in [9.17, 15) is 4.79 Å². The summed E-state index contributed by atoms with van der Waals surface area (Å²) in [5, 5.41) is 0.991. The fourth-order valence-corrected chi connectivity index (χ4v) is 1.71. The van der Waals surface area contributed by atoms with Crippen molar-refractivity contribution in [3.63, 3.8) is 0 Å². The second-order valence-corrected chi connectivity index (χ2v) is 3.80. The molecule has 1 N–H and O–H groups in total. The Morgan fingerprint density at radius 1 is 1.42 bits per heavy atom. The van der Waals surface area contributed by atoms with Crippen LogP contribution in [0.2, 0.25) is 0 Å². The zero-order valence-corrected chi connectivity index (χ0v) is 8.33. The summed E-state index contributed by atoms with van der Waals surface area (Å²) in [7, 11) is 0. The lowest BCUT2D eigenvalue weighted by Crippen LogP contribution is -1.75. The fourth-order valence-electron chi connectivity index (χ4n) is 1.22. The van der Waals surface area contributed by atoms with Crippen LogP contribution in [0, 0.1) is 3.57 Å². The van der Waals surface area contributed by atoms with Crippen LogP contribution in [-0.4, -0.2) is 11.3 Å². The maximum atomic E-state index is 10.5. The predicted molar refractivity (Wildman–Crippen MR) is 56.4 cm³/mol. The molecule has 0 aliphatic rings. The molecular weight excluding hydrogens is 265 g/mol. The molecule has 0 radical (unpaired) electrons. The highest BCUT2D eigenvalue weighted by molar-refractivity contribution is 14.1. The second-order valence-electron chi connectivity index (χ2n) is 2.55. The van der Waals surface area contributed by atoms with Crippen molar-refractivity contribution in [2.24, 2.45) is 0 Å². The summed E-state index contributed by atoms with van der Waals surface area (Å²) in [6.07, 6.45) is 2.60. The van der Waals surface area contributed by atoms with Gasteiger partial charge in [-0.1, -0.05) is 6.07 Å². The van der Waals surface area contributed by atoms with Crippen molar-refractivity contribution in [1.82, 2.24) is 4.98 Å². The zero-order chi connectivity index (χ0) is 8.55. The molecule has 60 valence electrons. The number of aldehydes is 1. The number of fused-ring (bicyclic) bond motifs is 1. The van der Waals surface area contributed by atoms with Crippen molar-refractivity contribution in [3.05, 3.63) is 33.5 Å².